The highest BCUT2D eigenvalue weighted by atomic mass is 16.4. The molecule has 0 spiro atoms. The molecule has 4 bridgehead atoms. The molecule has 4 aliphatic carbocycles. The second-order valence-electron chi connectivity index (χ2n) is 7.79. The maximum absolute atomic E-state index is 12.0. The summed E-state index contributed by atoms with van der Waals surface area (Å²) in [5.74, 6) is 1.58. The fraction of sp³-hybridized carbons (Fsp3) is 0.882. The van der Waals surface area contributed by atoms with Crippen LogP contribution in [-0.4, -0.2) is 17.9 Å². The number of nitrogens with one attached hydrogen (secondary N) is 1. The van der Waals surface area contributed by atoms with Gasteiger partial charge in [-0.15, -0.1) is 0 Å². The Kier molecular flexibility index (Phi) is 3.98. The Labute approximate surface area is 126 Å². The molecule has 1 amide bonds. The summed E-state index contributed by atoms with van der Waals surface area (Å²) >= 11 is 0. The first kappa shape index (κ1) is 14.9. The van der Waals surface area contributed by atoms with Gasteiger partial charge in [-0.1, -0.05) is 0 Å². The van der Waals surface area contributed by atoms with E-state index >= 15 is 0 Å². The molecule has 0 aromatic heterocycles. The van der Waals surface area contributed by atoms with Crippen LogP contribution in [0.2, 0.25) is 0 Å². The number of hydrogen-bond acceptors (Lipinski definition) is 3. The first-order valence-electron chi connectivity index (χ1n) is 8.46. The average molecular weight is 292 g/mol. The second-order valence-corrected chi connectivity index (χ2v) is 7.79. The lowest BCUT2D eigenvalue weighted by molar-refractivity contribution is -0.305. The van der Waals surface area contributed by atoms with Crippen LogP contribution >= 0.6 is 0 Å². The number of carboxylic acid groups (broad SMARTS) is 1. The van der Waals surface area contributed by atoms with Crippen molar-refractivity contribution in [2.45, 2.75) is 70.8 Å². The second kappa shape index (κ2) is 5.62. The van der Waals surface area contributed by atoms with Gasteiger partial charge in [-0.25, -0.2) is 0 Å². The van der Waals surface area contributed by atoms with Gasteiger partial charge in [0.15, 0.2) is 0 Å². The molecule has 0 saturated heterocycles. The Bertz CT molecular complexity index is 396. The molecule has 0 aliphatic heterocycles. The molecule has 4 rings (SSSR count). The first-order valence-corrected chi connectivity index (χ1v) is 8.46. The number of carbonyl (C=O) groups is 2. The van der Waals surface area contributed by atoms with E-state index in [0.717, 1.165) is 17.8 Å². The van der Waals surface area contributed by atoms with E-state index in [-0.39, 0.29) is 18.4 Å². The number of aliphatic carboxylic acids is 1. The predicted molar refractivity (Wildman–Crippen MR) is 77.1 cm³/mol. The lowest BCUT2D eigenvalue weighted by Gasteiger charge is -2.59. The molecule has 0 heterocycles. The third-order valence-corrected chi connectivity index (χ3v) is 6.17. The van der Waals surface area contributed by atoms with E-state index in [2.05, 4.69) is 12.2 Å². The van der Waals surface area contributed by atoms with E-state index in [1.807, 2.05) is 0 Å². The fourth-order valence-electron chi connectivity index (χ4n) is 5.57. The summed E-state index contributed by atoms with van der Waals surface area (Å²) in [7, 11) is 0. The topological polar surface area (TPSA) is 69.2 Å². The van der Waals surface area contributed by atoms with Crippen molar-refractivity contribution in [1.29, 1.82) is 0 Å². The van der Waals surface area contributed by atoms with Crippen LogP contribution in [0.5, 0.6) is 0 Å². The molecule has 4 heteroatoms. The van der Waals surface area contributed by atoms with Gasteiger partial charge >= 0.3 is 0 Å². The van der Waals surface area contributed by atoms with E-state index in [0.29, 0.717) is 18.3 Å². The molecule has 1 N–H and O–H groups in total. The minimum Gasteiger partial charge on any atom is -0.550 e. The Morgan fingerprint density at radius 2 is 1.62 bits per heavy atom. The first-order chi connectivity index (χ1) is 9.97. The van der Waals surface area contributed by atoms with Crippen LogP contribution in [0.4, 0.5) is 0 Å². The molecule has 0 unspecified atom stereocenters. The van der Waals surface area contributed by atoms with E-state index in [1.165, 1.54) is 38.5 Å². The van der Waals surface area contributed by atoms with Crippen molar-refractivity contribution in [2.75, 3.05) is 0 Å². The molecular formula is C17H26NO3-. The fourth-order valence-corrected chi connectivity index (χ4v) is 5.57. The van der Waals surface area contributed by atoms with Gasteiger partial charge < -0.3 is 15.2 Å². The Hall–Kier alpha value is -1.06. The van der Waals surface area contributed by atoms with Crippen molar-refractivity contribution in [3.8, 4) is 0 Å². The molecule has 0 aromatic carbocycles. The number of rotatable bonds is 6. The Balaban J connectivity index is 1.54. The number of carbonyl (C=O) groups excluding carboxylic acids is 2. The maximum atomic E-state index is 12.0. The van der Waals surface area contributed by atoms with E-state index < -0.39 is 5.97 Å². The van der Waals surface area contributed by atoms with Crippen LogP contribution in [0.25, 0.3) is 0 Å². The molecule has 118 valence electrons. The highest BCUT2D eigenvalue weighted by Gasteiger charge is 2.53. The summed E-state index contributed by atoms with van der Waals surface area (Å²) in [6, 6.07) is 0.223. The third kappa shape index (κ3) is 3.09. The molecule has 0 aromatic rings. The molecule has 4 nitrogen and oxygen atoms in total. The van der Waals surface area contributed by atoms with Gasteiger partial charge in [-0.3, -0.25) is 4.79 Å². The van der Waals surface area contributed by atoms with Crippen LogP contribution in [0.3, 0.4) is 0 Å². The van der Waals surface area contributed by atoms with E-state index in [1.54, 1.807) is 0 Å². The SMILES string of the molecule is C[C@@H](NC(=O)CCCC(=O)[O-])C12CC3CC(CC(C3)C1)C2. The Morgan fingerprint density at radius 1 is 1.10 bits per heavy atom. The van der Waals surface area contributed by atoms with Crippen LogP contribution < -0.4 is 10.4 Å². The van der Waals surface area contributed by atoms with Crippen molar-refractivity contribution in [2.24, 2.45) is 23.2 Å². The van der Waals surface area contributed by atoms with Gasteiger partial charge in [0.1, 0.15) is 0 Å². The zero-order valence-corrected chi connectivity index (χ0v) is 12.9. The smallest absolute Gasteiger partial charge is 0.220 e. The van der Waals surface area contributed by atoms with E-state index in [4.69, 9.17) is 0 Å². The van der Waals surface area contributed by atoms with Gasteiger partial charge in [-0.2, -0.15) is 0 Å². The molecule has 4 saturated carbocycles. The van der Waals surface area contributed by atoms with Crippen LogP contribution in [-0.2, 0) is 9.59 Å². The van der Waals surface area contributed by atoms with Crippen molar-refractivity contribution in [3.05, 3.63) is 0 Å². The largest absolute Gasteiger partial charge is 0.550 e. The summed E-state index contributed by atoms with van der Waals surface area (Å²) in [4.78, 5) is 22.4. The lowest BCUT2D eigenvalue weighted by Crippen LogP contribution is -2.55. The van der Waals surface area contributed by atoms with E-state index in [9.17, 15) is 14.7 Å². The van der Waals surface area contributed by atoms with Gasteiger partial charge in [0, 0.05) is 18.4 Å². The lowest BCUT2D eigenvalue weighted by atomic mass is 9.48. The summed E-state index contributed by atoms with van der Waals surface area (Å²) in [5.41, 5.74) is 0.318. The van der Waals surface area contributed by atoms with Crippen molar-refractivity contribution >= 4 is 11.9 Å². The van der Waals surface area contributed by atoms with Crippen molar-refractivity contribution in [1.82, 2.24) is 5.32 Å². The van der Waals surface area contributed by atoms with Gasteiger partial charge in [0.25, 0.3) is 0 Å². The summed E-state index contributed by atoms with van der Waals surface area (Å²) in [5, 5.41) is 13.5. The zero-order chi connectivity index (χ0) is 15.0. The molecule has 4 fully saturated rings. The monoisotopic (exact) mass is 292 g/mol. The van der Waals surface area contributed by atoms with Crippen LogP contribution in [0, 0.1) is 23.2 Å². The molecule has 21 heavy (non-hydrogen) atoms. The van der Waals surface area contributed by atoms with Crippen molar-refractivity contribution < 1.29 is 14.7 Å². The zero-order valence-electron chi connectivity index (χ0n) is 12.9. The summed E-state index contributed by atoms with van der Waals surface area (Å²) < 4.78 is 0. The summed E-state index contributed by atoms with van der Waals surface area (Å²) in [6.45, 7) is 2.16. The highest BCUT2D eigenvalue weighted by Crippen LogP contribution is 2.61. The molecule has 1 atom stereocenters. The van der Waals surface area contributed by atoms with Crippen molar-refractivity contribution in [3.63, 3.8) is 0 Å². The maximum Gasteiger partial charge on any atom is 0.220 e. The van der Waals surface area contributed by atoms with Gasteiger partial charge in [0.2, 0.25) is 5.91 Å². The molecule has 0 radical (unpaired) electrons. The number of carboxylic acids is 1. The third-order valence-electron chi connectivity index (χ3n) is 6.17. The highest BCUT2D eigenvalue weighted by molar-refractivity contribution is 5.77. The predicted octanol–water partition coefficient (Wildman–Crippen LogP) is 1.63. The molecule has 4 aliphatic rings. The standard InChI is InChI=1S/C17H27NO3/c1-11(18-15(19)3-2-4-16(20)21)17-8-12-5-13(9-17)7-14(6-12)10-17/h11-14H,2-10H2,1H3,(H,18,19)(H,20,21)/p-1/t11-,12?,13?,14?,17?/m1/s1. The number of hydrogen-bond donors (Lipinski definition) is 1. The summed E-state index contributed by atoms with van der Waals surface area (Å²) in [6.07, 6.45) is 8.70. The minimum atomic E-state index is -1.07. The van der Waals surface area contributed by atoms with Crippen LogP contribution in [0.15, 0.2) is 0 Å². The van der Waals surface area contributed by atoms with Crippen LogP contribution in [0.1, 0.15) is 64.7 Å². The average Bonchev–Trinajstić information content (AvgIpc) is 2.36. The normalized spacial score (nSPS) is 38.2. The number of amides is 1. The quantitative estimate of drug-likeness (QED) is 0.809. The van der Waals surface area contributed by atoms with Gasteiger partial charge in [-0.05, 0) is 81.5 Å². The molecular weight excluding hydrogens is 266 g/mol. The van der Waals surface area contributed by atoms with Gasteiger partial charge in [0.05, 0.1) is 0 Å². The Morgan fingerprint density at radius 3 is 2.10 bits per heavy atom. The minimum absolute atomic E-state index is 0.000467.